The molecule has 5 heteroatoms. The van der Waals surface area contributed by atoms with E-state index in [0.29, 0.717) is 18.1 Å². The monoisotopic (exact) mass is 237 g/mol. The minimum Gasteiger partial charge on any atom is -0.339 e. The Morgan fingerprint density at radius 1 is 1.56 bits per heavy atom. The molecule has 2 rings (SSSR count). The van der Waals surface area contributed by atoms with Crippen molar-refractivity contribution in [3.05, 3.63) is 34.1 Å². The van der Waals surface area contributed by atoms with E-state index in [9.17, 15) is 0 Å². The molecule has 2 aromatic heterocycles. The van der Waals surface area contributed by atoms with Crippen molar-refractivity contribution in [2.24, 2.45) is 5.73 Å². The van der Waals surface area contributed by atoms with Gasteiger partial charge < -0.3 is 10.3 Å². The molecule has 86 valence electrons. The number of thiophene rings is 1. The summed E-state index contributed by atoms with van der Waals surface area (Å²) in [4.78, 5) is 5.53. The van der Waals surface area contributed by atoms with E-state index in [1.165, 1.54) is 4.88 Å². The van der Waals surface area contributed by atoms with Gasteiger partial charge in [0.25, 0.3) is 0 Å². The largest absolute Gasteiger partial charge is 0.339 e. The number of rotatable bonds is 5. The van der Waals surface area contributed by atoms with Gasteiger partial charge in [-0.05, 0) is 17.9 Å². The van der Waals surface area contributed by atoms with E-state index < -0.39 is 0 Å². The minimum atomic E-state index is -0.106. The van der Waals surface area contributed by atoms with Crippen molar-refractivity contribution < 1.29 is 4.52 Å². The van der Waals surface area contributed by atoms with Crippen molar-refractivity contribution in [1.29, 1.82) is 0 Å². The van der Waals surface area contributed by atoms with Gasteiger partial charge in [-0.15, -0.1) is 11.3 Å². The van der Waals surface area contributed by atoms with Gasteiger partial charge in [-0.1, -0.05) is 24.6 Å². The normalized spacial score (nSPS) is 12.9. The van der Waals surface area contributed by atoms with Crippen LogP contribution in [0.4, 0.5) is 0 Å². The quantitative estimate of drug-likeness (QED) is 0.867. The first-order chi connectivity index (χ1) is 7.79. The van der Waals surface area contributed by atoms with Crippen molar-refractivity contribution >= 4 is 11.3 Å². The third kappa shape index (κ3) is 2.68. The van der Waals surface area contributed by atoms with Gasteiger partial charge in [0.2, 0.25) is 5.89 Å². The predicted molar refractivity (Wildman–Crippen MR) is 63.3 cm³/mol. The molecule has 0 bridgehead atoms. The second-order valence-electron chi connectivity index (χ2n) is 3.70. The van der Waals surface area contributed by atoms with Crippen LogP contribution in [0.1, 0.15) is 42.4 Å². The Labute approximate surface area is 98.5 Å². The van der Waals surface area contributed by atoms with Crippen LogP contribution < -0.4 is 5.73 Å². The molecule has 1 unspecified atom stereocenters. The zero-order chi connectivity index (χ0) is 11.4. The van der Waals surface area contributed by atoms with Gasteiger partial charge in [0.05, 0.1) is 12.5 Å². The molecule has 0 amide bonds. The molecule has 2 aromatic rings. The van der Waals surface area contributed by atoms with E-state index in [1.807, 2.05) is 11.4 Å². The van der Waals surface area contributed by atoms with Crippen molar-refractivity contribution in [2.45, 2.75) is 32.2 Å². The van der Waals surface area contributed by atoms with E-state index in [-0.39, 0.29) is 6.04 Å². The molecule has 0 saturated carbocycles. The molecule has 0 fully saturated rings. The molecule has 0 aromatic carbocycles. The lowest BCUT2D eigenvalue weighted by molar-refractivity contribution is 0.375. The van der Waals surface area contributed by atoms with E-state index in [0.717, 1.165) is 12.8 Å². The highest BCUT2D eigenvalue weighted by molar-refractivity contribution is 7.09. The summed E-state index contributed by atoms with van der Waals surface area (Å²) in [5, 5.41) is 5.95. The standard InChI is InChI=1S/C11H15N3OS/c1-2-4-9(12)11-13-10(15-14-11)7-8-5-3-6-16-8/h3,5-6,9H,2,4,7,12H2,1H3. The molecule has 4 nitrogen and oxygen atoms in total. The molecule has 1 atom stereocenters. The maximum atomic E-state index is 5.91. The number of nitrogens with zero attached hydrogens (tertiary/aromatic N) is 2. The molecule has 16 heavy (non-hydrogen) atoms. The Hall–Kier alpha value is -1.20. The summed E-state index contributed by atoms with van der Waals surface area (Å²) in [7, 11) is 0. The first kappa shape index (κ1) is 11.3. The summed E-state index contributed by atoms with van der Waals surface area (Å²) < 4.78 is 5.17. The molecule has 0 saturated heterocycles. The van der Waals surface area contributed by atoms with E-state index in [2.05, 4.69) is 23.1 Å². The summed E-state index contributed by atoms with van der Waals surface area (Å²) in [6, 6.07) is 3.96. The summed E-state index contributed by atoms with van der Waals surface area (Å²) >= 11 is 1.69. The highest BCUT2D eigenvalue weighted by Gasteiger charge is 2.13. The number of hydrogen-bond donors (Lipinski definition) is 1. The van der Waals surface area contributed by atoms with Crippen LogP contribution in [-0.2, 0) is 6.42 Å². The van der Waals surface area contributed by atoms with Crippen LogP contribution in [0.2, 0.25) is 0 Å². The topological polar surface area (TPSA) is 64.9 Å². The molecular formula is C11H15N3OS. The molecule has 0 radical (unpaired) electrons. The first-order valence-corrected chi connectivity index (χ1v) is 6.28. The molecule has 0 spiro atoms. The molecular weight excluding hydrogens is 222 g/mol. The fourth-order valence-electron chi connectivity index (χ4n) is 1.49. The van der Waals surface area contributed by atoms with E-state index in [1.54, 1.807) is 11.3 Å². The number of nitrogens with two attached hydrogens (primary N) is 1. The smallest absolute Gasteiger partial charge is 0.231 e. The van der Waals surface area contributed by atoms with Crippen molar-refractivity contribution in [1.82, 2.24) is 10.1 Å². The first-order valence-electron chi connectivity index (χ1n) is 5.40. The third-order valence-corrected chi connectivity index (χ3v) is 3.20. The van der Waals surface area contributed by atoms with Crippen molar-refractivity contribution in [3.63, 3.8) is 0 Å². The van der Waals surface area contributed by atoms with Crippen LogP contribution in [0, 0.1) is 0 Å². The Kier molecular flexibility index (Phi) is 3.69. The maximum absolute atomic E-state index is 5.91. The van der Waals surface area contributed by atoms with Crippen LogP contribution >= 0.6 is 11.3 Å². The lowest BCUT2D eigenvalue weighted by atomic mass is 10.2. The van der Waals surface area contributed by atoms with Gasteiger partial charge in [-0.25, -0.2) is 0 Å². The zero-order valence-corrected chi connectivity index (χ0v) is 10.0. The van der Waals surface area contributed by atoms with E-state index in [4.69, 9.17) is 10.3 Å². The Morgan fingerprint density at radius 2 is 2.44 bits per heavy atom. The van der Waals surface area contributed by atoms with Crippen LogP contribution in [0.5, 0.6) is 0 Å². The molecule has 2 N–H and O–H groups in total. The van der Waals surface area contributed by atoms with E-state index >= 15 is 0 Å². The lowest BCUT2D eigenvalue weighted by Crippen LogP contribution is -2.11. The van der Waals surface area contributed by atoms with Crippen LogP contribution in [-0.4, -0.2) is 10.1 Å². The highest BCUT2D eigenvalue weighted by atomic mass is 32.1. The van der Waals surface area contributed by atoms with Gasteiger partial charge in [-0.3, -0.25) is 0 Å². The molecule has 0 aliphatic carbocycles. The summed E-state index contributed by atoms with van der Waals surface area (Å²) in [6.45, 7) is 2.09. The van der Waals surface area contributed by atoms with Gasteiger partial charge in [0.15, 0.2) is 5.82 Å². The Bertz CT molecular complexity index is 424. The highest BCUT2D eigenvalue weighted by Crippen LogP contribution is 2.16. The van der Waals surface area contributed by atoms with Gasteiger partial charge in [-0.2, -0.15) is 4.98 Å². The third-order valence-electron chi connectivity index (χ3n) is 2.32. The van der Waals surface area contributed by atoms with Crippen LogP contribution in [0.3, 0.4) is 0 Å². The summed E-state index contributed by atoms with van der Waals surface area (Å²) in [5.74, 6) is 1.26. The molecule has 2 heterocycles. The SMILES string of the molecule is CCCC(N)c1noc(Cc2cccs2)n1. The molecule has 0 aliphatic rings. The summed E-state index contributed by atoms with van der Waals surface area (Å²) in [5.41, 5.74) is 5.91. The summed E-state index contributed by atoms with van der Waals surface area (Å²) in [6.07, 6.45) is 2.61. The Balaban J connectivity index is 2.02. The zero-order valence-electron chi connectivity index (χ0n) is 9.22. The average Bonchev–Trinajstić information content (AvgIpc) is 2.90. The maximum Gasteiger partial charge on any atom is 0.231 e. The lowest BCUT2D eigenvalue weighted by Gasteiger charge is -2.02. The Morgan fingerprint density at radius 3 is 3.12 bits per heavy atom. The fraction of sp³-hybridized carbons (Fsp3) is 0.455. The van der Waals surface area contributed by atoms with Crippen molar-refractivity contribution in [3.8, 4) is 0 Å². The second-order valence-corrected chi connectivity index (χ2v) is 4.73. The average molecular weight is 237 g/mol. The van der Waals surface area contributed by atoms with Gasteiger partial charge >= 0.3 is 0 Å². The second kappa shape index (κ2) is 5.23. The van der Waals surface area contributed by atoms with Gasteiger partial charge in [0.1, 0.15) is 0 Å². The predicted octanol–water partition coefficient (Wildman–Crippen LogP) is 2.52. The van der Waals surface area contributed by atoms with Crippen LogP contribution in [0.15, 0.2) is 22.0 Å². The number of aromatic nitrogens is 2. The number of hydrogen-bond acceptors (Lipinski definition) is 5. The van der Waals surface area contributed by atoms with Gasteiger partial charge in [0, 0.05) is 4.88 Å². The van der Waals surface area contributed by atoms with Crippen LogP contribution in [0.25, 0.3) is 0 Å². The van der Waals surface area contributed by atoms with Crippen molar-refractivity contribution in [2.75, 3.05) is 0 Å². The fourth-order valence-corrected chi connectivity index (χ4v) is 2.19. The molecule has 0 aliphatic heterocycles. The minimum absolute atomic E-state index is 0.106.